The lowest BCUT2D eigenvalue weighted by Crippen LogP contribution is -2.31. The quantitative estimate of drug-likeness (QED) is 0.364. The van der Waals surface area contributed by atoms with E-state index < -0.39 is 10.0 Å². The summed E-state index contributed by atoms with van der Waals surface area (Å²) in [4.78, 5) is 23.6. The van der Waals surface area contributed by atoms with Gasteiger partial charge in [-0.3, -0.25) is 9.48 Å². The fourth-order valence-electron chi connectivity index (χ4n) is 4.71. The van der Waals surface area contributed by atoms with Crippen LogP contribution in [0.3, 0.4) is 0 Å². The minimum atomic E-state index is -4.01. The predicted molar refractivity (Wildman–Crippen MR) is 147 cm³/mol. The van der Waals surface area contributed by atoms with E-state index >= 15 is 0 Å². The maximum absolute atomic E-state index is 13.1. The number of ether oxygens (including phenoxy) is 1. The number of nitrogens with one attached hydrogen (secondary N) is 1. The zero-order valence-corrected chi connectivity index (χ0v) is 23.0. The lowest BCUT2D eigenvalue weighted by atomic mass is 10.00. The third-order valence-electron chi connectivity index (χ3n) is 6.65. The Morgan fingerprint density at radius 1 is 1.12 bits per heavy atom. The molecule has 2 aromatic carbocycles. The Balaban J connectivity index is 1.44. The first-order chi connectivity index (χ1) is 19.1. The molecule has 1 amide bonds. The standard InChI is InChI=1S/C28H27N7O4S/c1-18-7-6-8-19(2)26(18)24-13-25(32-28(31-24)33-40(37,38)22-15-30-34(3)17-22)39-21-11-12-35(16-21)27(36)23-10-5-4-9-20(23)14-29/h4-10,13,15,17,21H,11-12,16H2,1-3H3,(H,31,32,33). The summed E-state index contributed by atoms with van der Waals surface area (Å²) in [7, 11) is -2.38. The zero-order chi connectivity index (χ0) is 28.4. The van der Waals surface area contributed by atoms with Crippen molar-refractivity contribution in [2.24, 2.45) is 7.05 Å². The number of aryl methyl sites for hydroxylation is 3. The van der Waals surface area contributed by atoms with Gasteiger partial charge < -0.3 is 9.64 Å². The van der Waals surface area contributed by atoms with Crippen molar-refractivity contribution >= 4 is 21.9 Å². The van der Waals surface area contributed by atoms with E-state index in [1.165, 1.54) is 17.1 Å². The summed E-state index contributed by atoms with van der Waals surface area (Å²) in [6.45, 7) is 4.63. The van der Waals surface area contributed by atoms with Crippen LogP contribution in [0.5, 0.6) is 5.88 Å². The van der Waals surface area contributed by atoms with Gasteiger partial charge in [-0.15, -0.1) is 0 Å². The van der Waals surface area contributed by atoms with Gasteiger partial charge in [0.05, 0.1) is 35.6 Å². The number of anilines is 1. The number of nitriles is 1. The lowest BCUT2D eigenvalue weighted by Gasteiger charge is -2.18. The van der Waals surface area contributed by atoms with E-state index in [0.717, 1.165) is 16.7 Å². The Morgan fingerprint density at radius 2 is 1.88 bits per heavy atom. The summed E-state index contributed by atoms with van der Waals surface area (Å²) in [6, 6.07) is 16.3. The molecule has 11 nitrogen and oxygen atoms in total. The first kappa shape index (κ1) is 26.8. The average molecular weight is 558 g/mol. The van der Waals surface area contributed by atoms with Crippen molar-refractivity contribution in [1.82, 2.24) is 24.6 Å². The summed E-state index contributed by atoms with van der Waals surface area (Å²) in [6.07, 6.45) is 2.77. The van der Waals surface area contributed by atoms with E-state index in [1.807, 2.05) is 32.0 Å². The third-order valence-corrected chi connectivity index (χ3v) is 7.94. The molecular formula is C28H27N7O4S. The van der Waals surface area contributed by atoms with Crippen LogP contribution in [-0.4, -0.2) is 58.2 Å². The molecule has 1 aliphatic rings. The maximum atomic E-state index is 13.1. The molecule has 1 atom stereocenters. The number of carbonyl (C=O) groups is 1. The van der Waals surface area contributed by atoms with E-state index in [9.17, 15) is 18.5 Å². The molecule has 3 heterocycles. The molecule has 40 heavy (non-hydrogen) atoms. The summed E-state index contributed by atoms with van der Waals surface area (Å²) < 4.78 is 36.0. The number of carbonyl (C=O) groups excluding carboxylic acids is 1. The SMILES string of the molecule is Cc1cccc(C)c1-c1cc(OC2CCN(C(=O)c3ccccc3C#N)C2)nc(NS(=O)(=O)c2cnn(C)c2)n1. The third kappa shape index (κ3) is 5.50. The molecule has 5 rings (SSSR count). The van der Waals surface area contributed by atoms with Crippen LogP contribution in [0.2, 0.25) is 0 Å². The molecule has 1 N–H and O–H groups in total. The van der Waals surface area contributed by atoms with Crippen LogP contribution >= 0.6 is 0 Å². The van der Waals surface area contributed by atoms with E-state index in [4.69, 9.17) is 4.74 Å². The highest BCUT2D eigenvalue weighted by Gasteiger charge is 2.30. The van der Waals surface area contributed by atoms with Gasteiger partial charge in [0.2, 0.25) is 11.8 Å². The number of likely N-dealkylation sites (tertiary alicyclic amines) is 1. The van der Waals surface area contributed by atoms with Crippen molar-refractivity contribution in [1.29, 1.82) is 5.26 Å². The summed E-state index contributed by atoms with van der Waals surface area (Å²) in [5, 5.41) is 13.3. The van der Waals surface area contributed by atoms with Crippen LogP contribution in [0, 0.1) is 25.2 Å². The van der Waals surface area contributed by atoms with E-state index in [-0.39, 0.29) is 35.3 Å². The van der Waals surface area contributed by atoms with Crippen molar-refractivity contribution in [2.45, 2.75) is 31.3 Å². The zero-order valence-electron chi connectivity index (χ0n) is 22.2. The summed E-state index contributed by atoms with van der Waals surface area (Å²) in [5.41, 5.74) is 3.92. The molecule has 0 saturated carbocycles. The highest BCUT2D eigenvalue weighted by molar-refractivity contribution is 7.92. The molecule has 0 aliphatic carbocycles. The largest absolute Gasteiger partial charge is 0.472 e. The number of hydrogen-bond donors (Lipinski definition) is 1. The molecule has 204 valence electrons. The van der Waals surface area contributed by atoms with Gasteiger partial charge in [-0.25, -0.2) is 18.1 Å². The number of amides is 1. The van der Waals surface area contributed by atoms with Gasteiger partial charge in [-0.2, -0.15) is 15.3 Å². The smallest absolute Gasteiger partial charge is 0.267 e. The molecule has 1 unspecified atom stereocenters. The molecule has 2 aromatic heterocycles. The molecule has 0 spiro atoms. The summed E-state index contributed by atoms with van der Waals surface area (Å²) in [5.74, 6) is -0.215. The van der Waals surface area contributed by atoms with E-state index in [2.05, 4.69) is 25.9 Å². The number of aromatic nitrogens is 4. The molecular weight excluding hydrogens is 530 g/mol. The second-order valence-corrected chi connectivity index (χ2v) is 11.3. The van der Waals surface area contributed by atoms with Crippen molar-refractivity contribution in [2.75, 3.05) is 17.8 Å². The second-order valence-electron chi connectivity index (χ2n) is 9.57. The Labute approximate surface area is 232 Å². The fourth-order valence-corrected chi connectivity index (χ4v) is 5.64. The number of rotatable bonds is 7. The van der Waals surface area contributed by atoms with Gasteiger partial charge in [0.1, 0.15) is 11.0 Å². The minimum Gasteiger partial charge on any atom is -0.472 e. The first-order valence-corrected chi connectivity index (χ1v) is 14.0. The predicted octanol–water partition coefficient (Wildman–Crippen LogP) is 3.46. The molecule has 1 fully saturated rings. The van der Waals surface area contributed by atoms with Gasteiger partial charge in [0.25, 0.3) is 15.9 Å². The Kier molecular flexibility index (Phi) is 7.23. The molecule has 1 saturated heterocycles. The molecule has 0 bridgehead atoms. The van der Waals surface area contributed by atoms with Crippen LogP contribution < -0.4 is 9.46 Å². The highest BCUT2D eigenvalue weighted by atomic mass is 32.2. The van der Waals surface area contributed by atoms with Crippen LogP contribution in [0.1, 0.15) is 33.5 Å². The molecule has 1 aliphatic heterocycles. The number of sulfonamides is 1. The maximum Gasteiger partial charge on any atom is 0.267 e. The average Bonchev–Trinajstić information content (AvgIpc) is 3.57. The van der Waals surface area contributed by atoms with Gasteiger partial charge in [-0.05, 0) is 37.1 Å². The Morgan fingerprint density at radius 3 is 2.58 bits per heavy atom. The molecule has 4 aromatic rings. The van der Waals surface area contributed by atoms with E-state index in [0.29, 0.717) is 29.8 Å². The van der Waals surface area contributed by atoms with Gasteiger partial charge in [0.15, 0.2) is 0 Å². The Bertz CT molecular complexity index is 1720. The normalized spacial score (nSPS) is 15.1. The van der Waals surface area contributed by atoms with Crippen molar-refractivity contribution in [3.63, 3.8) is 0 Å². The monoisotopic (exact) mass is 557 g/mol. The second kappa shape index (κ2) is 10.8. The highest BCUT2D eigenvalue weighted by Crippen LogP contribution is 2.30. The van der Waals surface area contributed by atoms with Crippen molar-refractivity contribution in [3.05, 3.63) is 83.2 Å². The van der Waals surface area contributed by atoms with Crippen LogP contribution in [0.4, 0.5) is 5.95 Å². The van der Waals surface area contributed by atoms with Gasteiger partial charge in [-0.1, -0.05) is 30.3 Å². The number of benzene rings is 2. The van der Waals surface area contributed by atoms with E-state index in [1.54, 1.807) is 42.3 Å². The number of hydrogen-bond acceptors (Lipinski definition) is 8. The Hall–Kier alpha value is -4.76. The van der Waals surface area contributed by atoms with Crippen molar-refractivity contribution in [3.8, 4) is 23.2 Å². The number of nitrogens with zero attached hydrogens (tertiary/aromatic N) is 6. The van der Waals surface area contributed by atoms with Crippen molar-refractivity contribution < 1.29 is 17.9 Å². The topological polar surface area (TPSA) is 143 Å². The van der Waals surface area contributed by atoms with Crippen LogP contribution in [0.15, 0.2) is 65.8 Å². The molecule has 12 heteroatoms. The van der Waals surface area contributed by atoms with Gasteiger partial charge >= 0.3 is 0 Å². The van der Waals surface area contributed by atoms with Gasteiger partial charge in [0, 0.05) is 37.8 Å². The summed E-state index contributed by atoms with van der Waals surface area (Å²) >= 11 is 0. The van der Waals surface area contributed by atoms with Crippen LogP contribution in [-0.2, 0) is 17.1 Å². The minimum absolute atomic E-state index is 0.0267. The lowest BCUT2D eigenvalue weighted by molar-refractivity contribution is 0.0771. The fraction of sp³-hybridized carbons (Fsp3) is 0.250. The molecule has 0 radical (unpaired) electrons. The van der Waals surface area contributed by atoms with Crippen LogP contribution in [0.25, 0.3) is 11.3 Å². The first-order valence-electron chi connectivity index (χ1n) is 12.6.